The van der Waals surface area contributed by atoms with Gasteiger partial charge in [-0.2, -0.15) is 0 Å². The smallest absolute Gasteiger partial charge is 0.0541 e. The second kappa shape index (κ2) is 17.6. The number of fused-ring (bicyclic) bond motifs is 7. The predicted octanol–water partition coefficient (Wildman–Crippen LogP) is 18.9. The van der Waals surface area contributed by atoms with Gasteiger partial charge >= 0.3 is 0 Å². The van der Waals surface area contributed by atoms with E-state index in [0.29, 0.717) is 0 Å². The number of hydrogen-bond donors (Lipinski definition) is 0. The van der Waals surface area contributed by atoms with E-state index in [0.717, 1.165) is 29.2 Å². The molecule has 0 N–H and O–H groups in total. The minimum atomic E-state index is -0.387. The van der Waals surface area contributed by atoms with Gasteiger partial charge in [-0.15, -0.1) is 0 Å². The van der Waals surface area contributed by atoms with Gasteiger partial charge in [0.25, 0.3) is 0 Å². The highest BCUT2D eigenvalue weighted by molar-refractivity contribution is 6.10. The van der Waals surface area contributed by atoms with E-state index in [1.54, 1.807) is 0 Å². The molecule has 2 aliphatic carbocycles. The van der Waals surface area contributed by atoms with Crippen molar-refractivity contribution < 1.29 is 0 Å². The van der Waals surface area contributed by atoms with Gasteiger partial charge in [-0.1, -0.05) is 206 Å². The molecular weight excluding hydrogens is 881 g/mol. The van der Waals surface area contributed by atoms with E-state index >= 15 is 0 Å². The Morgan fingerprint density at radius 2 is 0.959 bits per heavy atom. The quantitative estimate of drug-likeness (QED) is 0.140. The monoisotopic (exact) mass is 930 g/mol. The maximum absolute atomic E-state index is 2.50. The molecule has 0 fully saturated rings. The lowest BCUT2D eigenvalue weighted by atomic mass is 9.62. The van der Waals surface area contributed by atoms with Crippen molar-refractivity contribution in [2.24, 2.45) is 5.92 Å². The highest BCUT2D eigenvalue weighted by Gasteiger charge is 2.49. The molecule has 0 aliphatic heterocycles. The van der Waals surface area contributed by atoms with Gasteiger partial charge in [-0.05, 0) is 163 Å². The van der Waals surface area contributed by atoms with Crippen LogP contribution < -0.4 is 4.90 Å². The molecule has 0 saturated heterocycles. The second-order valence-corrected chi connectivity index (χ2v) is 19.6. The maximum atomic E-state index is 2.50. The third-order valence-corrected chi connectivity index (χ3v) is 15.6. The minimum absolute atomic E-state index is 0.231. The Balaban J connectivity index is 0.897. The van der Waals surface area contributed by atoms with Crippen LogP contribution >= 0.6 is 0 Å². The summed E-state index contributed by atoms with van der Waals surface area (Å²) in [4.78, 5) is 2.45. The largest absolute Gasteiger partial charge is 0.310 e. The molecule has 2 unspecified atom stereocenters. The molecule has 2 nitrogen and oxygen atoms in total. The van der Waals surface area contributed by atoms with Gasteiger partial charge in [-0.3, -0.25) is 0 Å². The molecule has 0 radical (unpaired) electrons. The fourth-order valence-corrected chi connectivity index (χ4v) is 12.3. The first-order chi connectivity index (χ1) is 36.2. The van der Waals surface area contributed by atoms with Crippen molar-refractivity contribution in [1.82, 2.24) is 4.57 Å². The molecule has 1 aromatic heterocycles. The number of anilines is 3. The van der Waals surface area contributed by atoms with Crippen LogP contribution in [0.5, 0.6) is 0 Å². The third-order valence-electron chi connectivity index (χ3n) is 15.6. The van der Waals surface area contributed by atoms with E-state index in [4.69, 9.17) is 0 Å². The molecule has 12 aromatic rings. The van der Waals surface area contributed by atoms with E-state index < -0.39 is 0 Å². The Kier molecular flexibility index (Phi) is 10.3. The molecule has 2 aliphatic rings. The molecule has 73 heavy (non-hydrogen) atoms. The average molecular weight is 931 g/mol. The summed E-state index contributed by atoms with van der Waals surface area (Å²) in [7, 11) is 0. The summed E-state index contributed by atoms with van der Waals surface area (Å²) in [5.41, 5.74) is 20.3. The van der Waals surface area contributed by atoms with Crippen LogP contribution in [0.25, 0.3) is 82.8 Å². The standard InChI is InChI=1S/C71H50N2/c1-4-21-57(22-5-1)71(58-23-6-2-7-24-58)67-29-14-12-27-63(67)64-43-42-62(48-68(64)71)72(60-38-33-50(34-39-60)53-19-16-20-54(45-53)55-32-31-49-17-10-11-18-52(49)46-55)61-40-35-51(36-41-61)56-37-44-70-66(47-56)65-28-13-15-30-69(65)73(70)59-25-8-3-9-26-59/h1-23,25-48,58H,24H2. The van der Waals surface area contributed by atoms with Crippen molar-refractivity contribution in [3.63, 3.8) is 0 Å². The van der Waals surface area contributed by atoms with Crippen molar-refractivity contribution >= 4 is 49.6 Å². The fourth-order valence-electron chi connectivity index (χ4n) is 12.3. The zero-order valence-electron chi connectivity index (χ0n) is 40.3. The Hall–Kier alpha value is -9.24. The number of allylic oxidation sites excluding steroid dienone is 4. The molecule has 2 heteroatoms. The lowest BCUT2D eigenvalue weighted by Crippen LogP contribution is -2.35. The number of para-hydroxylation sites is 2. The van der Waals surface area contributed by atoms with Crippen LogP contribution in [0.2, 0.25) is 0 Å². The number of hydrogen-bond acceptors (Lipinski definition) is 1. The summed E-state index contributed by atoms with van der Waals surface area (Å²) in [6, 6.07) is 96.6. The number of benzene rings is 11. The maximum Gasteiger partial charge on any atom is 0.0541 e. The normalized spacial score (nSPS) is 15.7. The second-order valence-electron chi connectivity index (χ2n) is 19.6. The zero-order chi connectivity index (χ0) is 48.3. The third kappa shape index (κ3) is 7.09. The number of aromatic nitrogens is 1. The van der Waals surface area contributed by atoms with Crippen LogP contribution in [-0.4, -0.2) is 4.57 Å². The summed E-state index contributed by atoms with van der Waals surface area (Å²) in [5, 5.41) is 5.00. The average Bonchev–Trinajstić information content (AvgIpc) is 4.01. The van der Waals surface area contributed by atoms with Crippen LogP contribution in [0.4, 0.5) is 17.1 Å². The van der Waals surface area contributed by atoms with Crippen LogP contribution in [0.15, 0.2) is 285 Å². The van der Waals surface area contributed by atoms with Crippen molar-refractivity contribution in [1.29, 1.82) is 0 Å². The Morgan fingerprint density at radius 1 is 0.370 bits per heavy atom. The highest BCUT2D eigenvalue weighted by atomic mass is 15.1. The topological polar surface area (TPSA) is 8.17 Å². The predicted molar refractivity (Wildman–Crippen MR) is 307 cm³/mol. The van der Waals surface area contributed by atoms with Gasteiger partial charge in [-0.25, -0.2) is 0 Å². The zero-order valence-corrected chi connectivity index (χ0v) is 40.3. The van der Waals surface area contributed by atoms with Gasteiger partial charge in [0.05, 0.1) is 16.4 Å². The van der Waals surface area contributed by atoms with Gasteiger partial charge in [0, 0.05) is 33.5 Å². The molecule has 0 spiro atoms. The highest BCUT2D eigenvalue weighted by Crippen LogP contribution is 2.59. The van der Waals surface area contributed by atoms with Crippen molar-refractivity contribution in [3.05, 3.63) is 302 Å². The van der Waals surface area contributed by atoms with E-state index in [9.17, 15) is 0 Å². The molecule has 11 aromatic carbocycles. The van der Waals surface area contributed by atoms with Gasteiger partial charge < -0.3 is 9.47 Å². The molecular formula is C71H50N2. The fraction of sp³-hybridized carbons (Fsp3) is 0.0423. The van der Waals surface area contributed by atoms with E-state index in [2.05, 4.69) is 295 Å². The molecule has 14 rings (SSSR count). The van der Waals surface area contributed by atoms with Crippen LogP contribution in [0, 0.1) is 5.92 Å². The van der Waals surface area contributed by atoms with Gasteiger partial charge in [0.15, 0.2) is 0 Å². The molecule has 2 atom stereocenters. The van der Waals surface area contributed by atoms with E-state index in [1.165, 1.54) is 93.8 Å². The van der Waals surface area contributed by atoms with Gasteiger partial charge in [0.2, 0.25) is 0 Å². The first kappa shape index (κ1) is 42.6. The number of nitrogens with zero attached hydrogens (tertiary/aromatic N) is 2. The van der Waals surface area contributed by atoms with Crippen molar-refractivity contribution in [2.75, 3.05) is 4.90 Å². The first-order valence-electron chi connectivity index (χ1n) is 25.5. The Morgan fingerprint density at radius 3 is 1.73 bits per heavy atom. The van der Waals surface area contributed by atoms with Gasteiger partial charge in [0.1, 0.15) is 0 Å². The molecule has 0 amide bonds. The first-order valence-corrected chi connectivity index (χ1v) is 25.5. The molecule has 344 valence electrons. The summed E-state index contributed by atoms with van der Waals surface area (Å²) >= 11 is 0. The SMILES string of the molecule is C1=CCC(C2(c3ccccc3)c3ccccc3-c3ccc(N(c4ccc(-c5cccc(-c6ccc7ccccc7c6)c5)cc4)c4ccc(-c5ccc6c(c5)c5ccccc5n6-c5ccccc5)cc4)cc32)C=C1. The molecule has 1 heterocycles. The van der Waals surface area contributed by atoms with Crippen molar-refractivity contribution in [2.45, 2.75) is 11.8 Å². The summed E-state index contributed by atoms with van der Waals surface area (Å²) in [6.45, 7) is 0. The molecule has 0 saturated carbocycles. The van der Waals surface area contributed by atoms with Crippen LogP contribution in [-0.2, 0) is 5.41 Å². The van der Waals surface area contributed by atoms with Crippen LogP contribution in [0.3, 0.4) is 0 Å². The van der Waals surface area contributed by atoms with Crippen LogP contribution in [0.1, 0.15) is 23.1 Å². The Labute approximate surface area is 426 Å². The minimum Gasteiger partial charge on any atom is -0.310 e. The Bertz CT molecular complexity index is 4100. The van der Waals surface area contributed by atoms with E-state index in [1.807, 2.05) is 0 Å². The summed E-state index contributed by atoms with van der Waals surface area (Å²) in [5.74, 6) is 0.231. The lowest BCUT2D eigenvalue weighted by Gasteiger charge is -2.40. The summed E-state index contributed by atoms with van der Waals surface area (Å²) in [6.07, 6.45) is 10.2. The summed E-state index contributed by atoms with van der Waals surface area (Å²) < 4.78 is 2.38. The van der Waals surface area contributed by atoms with E-state index in [-0.39, 0.29) is 11.3 Å². The number of rotatable bonds is 9. The lowest BCUT2D eigenvalue weighted by molar-refractivity contribution is 0.457. The molecule has 0 bridgehead atoms. The van der Waals surface area contributed by atoms with Crippen molar-refractivity contribution in [3.8, 4) is 50.2 Å².